The SMILES string of the molecule is CC(C)CS(=O)(=O)N(c1cccc2cnccc12)S(=O)(=O)CC(C)C.CC(C)CS(=O)(=O)Nc1cccc2cnccc12.Cc1cc2c(NS(=O)(=O)c3ccccc3)cccc2nn1. The summed E-state index contributed by atoms with van der Waals surface area (Å²) < 4.78 is 106. The molecule has 0 fully saturated rings. The lowest BCUT2D eigenvalue weighted by molar-refractivity contribution is 0.570. The summed E-state index contributed by atoms with van der Waals surface area (Å²) >= 11 is 0. The van der Waals surface area contributed by atoms with E-state index < -0.39 is 40.1 Å². The Hall–Kier alpha value is -5.76. The Morgan fingerprint density at radius 3 is 1.62 bits per heavy atom. The van der Waals surface area contributed by atoms with E-state index in [1.165, 1.54) is 12.3 Å². The first-order valence-corrected chi connectivity index (χ1v) is 26.7. The van der Waals surface area contributed by atoms with Gasteiger partial charge in [-0.05, 0) is 79.3 Å². The first-order valence-electron chi connectivity index (χ1n) is 20.3. The Labute approximate surface area is 376 Å². The Bertz CT molecular complexity index is 3120. The lowest BCUT2D eigenvalue weighted by Gasteiger charge is -2.26. The van der Waals surface area contributed by atoms with Crippen molar-refractivity contribution in [3.05, 3.63) is 134 Å². The van der Waals surface area contributed by atoms with Crippen LogP contribution in [0.2, 0.25) is 0 Å². The van der Waals surface area contributed by atoms with Crippen molar-refractivity contribution < 1.29 is 33.7 Å². The van der Waals surface area contributed by atoms with Gasteiger partial charge in [-0.3, -0.25) is 19.4 Å². The van der Waals surface area contributed by atoms with Gasteiger partial charge in [0.15, 0.2) is 0 Å². The summed E-state index contributed by atoms with van der Waals surface area (Å²) in [4.78, 5) is 8.26. The molecule has 0 saturated heterocycles. The highest BCUT2D eigenvalue weighted by atomic mass is 32.3. The molecule has 15 nitrogen and oxygen atoms in total. The van der Waals surface area contributed by atoms with E-state index in [4.69, 9.17) is 0 Å². The molecule has 0 aliphatic rings. The Kier molecular flexibility index (Phi) is 16.0. The minimum absolute atomic E-state index is 0.0964. The highest BCUT2D eigenvalue weighted by Crippen LogP contribution is 2.32. The number of benzene rings is 4. The fourth-order valence-electron chi connectivity index (χ4n) is 6.63. The van der Waals surface area contributed by atoms with Crippen LogP contribution >= 0.6 is 0 Å². The van der Waals surface area contributed by atoms with Crippen molar-refractivity contribution in [2.24, 2.45) is 17.8 Å². The number of fused-ring (bicyclic) bond motifs is 3. The van der Waals surface area contributed by atoms with E-state index in [1.807, 2.05) is 45.0 Å². The van der Waals surface area contributed by atoms with E-state index in [0.29, 0.717) is 31.4 Å². The molecule has 64 heavy (non-hydrogen) atoms. The van der Waals surface area contributed by atoms with E-state index in [0.717, 1.165) is 21.9 Å². The standard InChI is InChI=1S/C17H24N2O4S2.C15H13N3O2S.C13H16N2O2S/c1-13(2)11-24(20,21)19(25(22,23)12-14(3)4)17-7-5-6-15-10-18-9-8-16(15)17;1-11-10-13-14(17-16-11)8-5-9-15(13)18-21(19,20)12-6-3-2-4-7-12;1-10(2)9-18(16,17)15-13-5-3-4-11-8-14-7-6-12(11)13/h5-10,13-14H,11-12H2,1-4H3;2-10,18H,1H3;3-8,10,15H,9H2,1-2H3. The third-order valence-corrected chi connectivity index (χ3v) is 17.0. The lowest BCUT2D eigenvalue weighted by Crippen LogP contribution is -2.41. The molecule has 4 aromatic carbocycles. The van der Waals surface area contributed by atoms with Crippen molar-refractivity contribution in [1.29, 1.82) is 0 Å². The Morgan fingerprint density at radius 1 is 0.531 bits per heavy atom. The molecule has 340 valence electrons. The lowest BCUT2D eigenvalue weighted by atomic mass is 10.1. The number of nitrogens with one attached hydrogen (secondary N) is 2. The third kappa shape index (κ3) is 13.1. The molecule has 2 N–H and O–H groups in total. The van der Waals surface area contributed by atoms with Gasteiger partial charge < -0.3 is 0 Å². The predicted octanol–water partition coefficient (Wildman–Crippen LogP) is 8.38. The van der Waals surface area contributed by atoms with Crippen LogP contribution in [0.15, 0.2) is 133 Å². The minimum Gasteiger partial charge on any atom is -0.283 e. The molecule has 19 heteroatoms. The van der Waals surface area contributed by atoms with Crippen molar-refractivity contribution in [2.45, 2.75) is 53.4 Å². The molecule has 0 amide bonds. The number of aryl methyl sites for hydroxylation is 1. The number of aromatic nitrogens is 4. The first-order chi connectivity index (χ1) is 30.1. The normalized spacial score (nSPS) is 12.2. The second-order valence-corrected chi connectivity index (χ2v) is 23.6. The molecule has 0 spiro atoms. The largest absolute Gasteiger partial charge is 0.283 e. The zero-order valence-corrected chi connectivity index (χ0v) is 39.9. The third-order valence-electron chi connectivity index (χ3n) is 9.00. The first kappa shape index (κ1) is 49.3. The number of hydrogen-bond acceptors (Lipinski definition) is 12. The fraction of sp³-hybridized carbons (Fsp3) is 0.289. The van der Waals surface area contributed by atoms with Gasteiger partial charge in [-0.1, -0.05) is 90.1 Å². The quantitative estimate of drug-likeness (QED) is 0.105. The monoisotopic (exact) mass is 947 g/mol. The fourth-order valence-corrected chi connectivity index (χ4v) is 13.8. The minimum atomic E-state index is -4.04. The maximum absolute atomic E-state index is 12.9. The average molecular weight is 948 g/mol. The summed E-state index contributed by atoms with van der Waals surface area (Å²) in [6.07, 6.45) is 6.48. The molecule has 7 rings (SSSR count). The van der Waals surface area contributed by atoms with Gasteiger partial charge in [-0.15, -0.1) is 0 Å². The van der Waals surface area contributed by atoms with Gasteiger partial charge in [-0.2, -0.15) is 13.9 Å². The molecule has 0 bridgehead atoms. The van der Waals surface area contributed by atoms with E-state index in [-0.39, 0.29) is 45.6 Å². The van der Waals surface area contributed by atoms with Crippen LogP contribution < -0.4 is 13.2 Å². The van der Waals surface area contributed by atoms with Crippen LogP contribution in [-0.4, -0.2) is 71.1 Å². The molecule has 0 radical (unpaired) electrons. The highest BCUT2D eigenvalue weighted by Gasteiger charge is 2.36. The van der Waals surface area contributed by atoms with Gasteiger partial charge in [-0.25, -0.2) is 33.7 Å². The number of nitrogens with zero attached hydrogens (tertiary/aromatic N) is 5. The van der Waals surface area contributed by atoms with Crippen LogP contribution in [0.1, 0.15) is 47.2 Å². The topological polar surface area (TPSA) is 215 Å². The summed E-state index contributed by atoms with van der Waals surface area (Å²) in [6.45, 7) is 12.6. The number of rotatable bonds is 14. The molecule has 3 heterocycles. The second kappa shape index (κ2) is 20.8. The number of sulfonamides is 4. The summed E-state index contributed by atoms with van der Waals surface area (Å²) in [5, 5.41) is 11.8. The summed E-state index contributed by atoms with van der Waals surface area (Å²) in [5.74, 6) is -0.664. The zero-order chi connectivity index (χ0) is 46.9. The van der Waals surface area contributed by atoms with Crippen LogP contribution in [0.3, 0.4) is 0 Å². The second-order valence-electron chi connectivity index (χ2n) is 16.2. The van der Waals surface area contributed by atoms with Crippen molar-refractivity contribution in [2.75, 3.05) is 30.4 Å². The van der Waals surface area contributed by atoms with Crippen molar-refractivity contribution in [3.63, 3.8) is 0 Å². The smallest absolute Gasteiger partial charge is 0.261 e. The molecule has 3 aromatic heterocycles. The maximum atomic E-state index is 12.9. The van der Waals surface area contributed by atoms with Gasteiger partial charge >= 0.3 is 0 Å². The van der Waals surface area contributed by atoms with Crippen LogP contribution in [0.25, 0.3) is 32.4 Å². The average Bonchev–Trinajstić information content (AvgIpc) is 3.20. The van der Waals surface area contributed by atoms with Crippen LogP contribution in [0, 0.1) is 24.7 Å². The van der Waals surface area contributed by atoms with E-state index in [2.05, 4.69) is 29.6 Å². The summed E-state index contributed by atoms with van der Waals surface area (Å²) in [6, 6.07) is 29.2. The van der Waals surface area contributed by atoms with E-state index >= 15 is 0 Å². The van der Waals surface area contributed by atoms with Crippen LogP contribution in [-0.2, 0) is 40.1 Å². The zero-order valence-electron chi connectivity index (χ0n) is 36.6. The molecule has 0 unspecified atom stereocenters. The van der Waals surface area contributed by atoms with Gasteiger partial charge in [0.25, 0.3) is 10.0 Å². The molecule has 7 aromatic rings. The van der Waals surface area contributed by atoms with Crippen molar-refractivity contribution in [3.8, 4) is 0 Å². The van der Waals surface area contributed by atoms with Crippen molar-refractivity contribution >= 4 is 89.6 Å². The van der Waals surface area contributed by atoms with Gasteiger partial charge in [0.2, 0.25) is 30.1 Å². The summed E-state index contributed by atoms with van der Waals surface area (Å²) in [5.41, 5.74) is 2.63. The number of anilines is 3. The molecule has 0 saturated carbocycles. The molecule has 0 aliphatic carbocycles. The van der Waals surface area contributed by atoms with Gasteiger partial charge in [0.1, 0.15) is 0 Å². The molecule has 0 atom stereocenters. The highest BCUT2D eigenvalue weighted by molar-refractivity contribution is 8.10. The predicted molar refractivity (Wildman–Crippen MR) is 257 cm³/mol. The summed E-state index contributed by atoms with van der Waals surface area (Å²) in [7, 11) is -15.0. The number of hydrogen-bond donors (Lipinski definition) is 2. The van der Waals surface area contributed by atoms with E-state index in [1.54, 1.807) is 119 Å². The Balaban J connectivity index is 0.000000183. The van der Waals surface area contributed by atoms with Crippen molar-refractivity contribution in [1.82, 2.24) is 20.2 Å². The van der Waals surface area contributed by atoms with Gasteiger partial charge in [0, 0.05) is 51.7 Å². The molecular weight excluding hydrogens is 895 g/mol. The number of pyridine rings is 2. The van der Waals surface area contributed by atoms with Crippen LogP contribution in [0.4, 0.5) is 17.1 Å². The van der Waals surface area contributed by atoms with Crippen LogP contribution in [0.5, 0.6) is 0 Å². The van der Waals surface area contributed by atoms with Gasteiger partial charge in [0.05, 0.1) is 50.4 Å². The Morgan fingerprint density at radius 2 is 1.05 bits per heavy atom. The maximum Gasteiger partial charge on any atom is 0.261 e. The van der Waals surface area contributed by atoms with E-state index in [9.17, 15) is 33.7 Å². The molecular formula is C45H53N7O8S4. The molecule has 0 aliphatic heterocycles.